The van der Waals surface area contributed by atoms with Crippen molar-refractivity contribution in [2.45, 2.75) is 20.4 Å². The van der Waals surface area contributed by atoms with Gasteiger partial charge in [0.15, 0.2) is 0 Å². The fourth-order valence-corrected chi connectivity index (χ4v) is 3.80. The molecule has 0 bridgehead atoms. The van der Waals surface area contributed by atoms with Crippen molar-refractivity contribution in [3.63, 3.8) is 0 Å². The fraction of sp³-hybridized carbons (Fsp3) is 0.176. The quantitative estimate of drug-likeness (QED) is 0.713. The molecule has 1 aliphatic rings. The second-order valence-electron chi connectivity index (χ2n) is 5.32. The van der Waals surface area contributed by atoms with Gasteiger partial charge in [0.25, 0.3) is 5.91 Å². The predicted octanol–water partition coefficient (Wildman–Crippen LogP) is 4.07. The van der Waals surface area contributed by atoms with Crippen LogP contribution in [0.1, 0.15) is 25.9 Å². The van der Waals surface area contributed by atoms with E-state index in [1.807, 2.05) is 36.1 Å². The van der Waals surface area contributed by atoms with E-state index in [1.165, 1.54) is 4.88 Å². The van der Waals surface area contributed by atoms with Gasteiger partial charge in [0.1, 0.15) is 5.01 Å². The molecule has 104 valence electrons. The van der Waals surface area contributed by atoms with Crippen LogP contribution >= 0.6 is 11.3 Å². The number of hydrogen-bond acceptors (Lipinski definition) is 3. The third-order valence-corrected chi connectivity index (χ3v) is 5.07. The van der Waals surface area contributed by atoms with Crippen molar-refractivity contribution in [3.05, 3.63) is 57.5 Å². The third kappa shape index (κ3) is 1.79. The molecule has 0 saturated carbocycles. The lowest BCUT2D eigenvalue weighted by atomic mass is 10.1. The number of aromatic nitrogens is 1. The molecule has 1 amide bonds. The van der Waals surface area contributed by atoms with Gasteiger partial charge in [-0.3, -0.25) is 4.79 Å². The molecule has 4 rings (SSSR count). The zero-order chi connectivity index (χ0) is 14.6. The van der Waals surface area contributed by atoms with Crippen molar-refractivity contribution in [2.24, 2.45) is 0 Å². The molecule has 21 heavy (non-hydrogen) atoms. The number of nitrogens with zero attached hydrogens (tertiary/aromatic N) is 2. The van der Waals surface area contributed by atoms with E-state index in [1.54, 1.807) is 11.3 Å². The van der Waals surface area contributed by atoms with Gasteiger partial charge in [-0.25, -0.2) is 4.98 Å². The number of hydrogen-bond donors (Lipinski definition) is 0. The maximum atomic E-state index is 12.7. The lowest BCUT2D eigenvalue weighted by Crippen LogP contribution is -2.25. The number of carbonyl (C=O) groups excluding carboxylic acids is 1. The van der Waals surface area contributed by atoms with Gasteiger partial charge in [0, 0.05) is 15.8 Å². The molecule has 2 aromatic carbocycles. The topological polar surface area (TPSA) is 33.2 Å². The van der Waals surface area contributed by atoms with E-state index >= 15 is 0 Å². The Morgan fingerprint density at radius 1 is 1.14 bits per heavy atom. The second-order valence-corrected chi connectivity index (χ2v) is 6.61. The Bertz CT molecular complexity index is 857. The van der Waals surface area contributed by atoms with Gasteiger partial charge in [-0.2, -0.15) is 0 Å². The standard InChI is InChI=1S/C17H14N2OS/c1-10-11(2)21-15(18-10)9-19-14-8-4-6-12-5-3-7-13(16(12)14)17(19)20/h3-8H,9H2,1-2H3. The van der Waals surface area contributed by atoms with Crippen LogP contribution in [0.2, 0.25) is 0 Å². The van der Waals surface area contributed by atoms with Crippen molar-refractivity contribution >= 4 is 33.7 Å². The van der Waals surface area contributed by atoms with Crippen LogP contribution in [-0.2, 0) is 6.54 Å². The molecule has 3 aromatic rings. The molecule has 1 aromatic heterocycles. The predicted molar refractivity (Wildman–Crippen MR) is 86.0 cm³/mol. The molecule has 0 unspecified atom stereocenters. The molecule has 0 N–H and O–H groups in total. The van der Waals surface area contributed by atoms with Crippen LogP contribution in [0.4, 0.5) is 5.69 Å². The molecule has 0 spiro atoms. The van der Waals surface area contributed by atoms with Crippen LogP contribution in [0.3, 0.4) is 0 Å². The van der Waals surface area contributed by atoms with Crippen LogP contribution < -0.4 is 4.90 Å². The first-order valence-electron chi connectivity index (χ1n) is 6.91. The highest BCUT2D eigenvalue weighted by molar-refractivity contribution is 7.11. The van der Waals surface area contributed by atoms with Gasteiger partial charge < -0.3 is 4.90 Å². The molecule has 1 aliphatic heterocycles. The minimum Gasteiger partial charge on any atom is -0.301 e. The van der Waals surface area contributed by atoms with E-state index in [9.17, 15) is 4.79 Å². The lowest BCUT2D eigenvalue weighted by molar-refractivity contribution is 0.0991. The smallest absolute Gasteiger partial charge is 0.259 e. The van der Waals surface area contributed by atoms with E-state index in [0.29, 0.717) is 6.54 Å². The summed E-state index contributed by atoms with van der Waals surface area (Å²) < 4.78 is 0. The van der Waals surface area contributed by atoms with Crippen LogP contribution in [0.15, 0.2) is 36.4 Å². The first kappa shape index (κ1) is 12.5. The van der Waals surface area contributed by atoms with Crippen molar-refractivity contribution in [1.29, 1.82) is 0 Å². The Morgan fingerprint density at radius 3 is 2.62 bits per heavy atom. The number of benzene rings is 2. The van der Waals surface area contributed by atoms with Gasteiger partial charge >= 0.3 is 0 Å². The first-order valence-corrected chi connectivity index (χ1v) is 7.73. The molecule has 0 radical (unpaired) electrons. The number of aryl methyl sites for hydroxylation is 2. The molecule has 4 heteroatoms. The van der Waals surface area contributed by atoms with Gasteiger partial charge in [-0.1, -0.05) is 24.3 Å². The summed E-state index contributed by atoms with van der Waals surface area (Å²) in [5.41, 5.74) is 2.85. The number of anilines is 1. The number of thiazole rings is 1. The van der Waals surface area contributed by atoms with E-state index < -0.39 is 0 Å². The minimum absolute atomic E-state index is 0.0762. The summed E-state index contributed by atoms with van der Waals surface area (Å²) in [6.07, 6.45) is 0. The molecule has 0 saturated heterocycles. The summed E-state index contributed by atoms with van der Waals surface area (Å²) in [7, 11) is 0. The lowest BCUT2D eigenvalue weighted by Gasteiger charge is -2.15. The second kappa shape index (κ2) is 4.40. The van der Waals surface area contributed by atoms with Crippen molar-refractivity contribution in [2.75, 3.05) is 4.90 Å². The van der Waals surface area contributed by atoms with Crippen molar-refractivity contribution in [1.82, 2.24) is 4.98 Å². The van der Waals surface area contributed by atoms with Gasteiger partial charge in [0.05, 0.1) is 17.9 Å². The number of carbonyl (C=O) groups is 1. The number of rotatable bonds is 2. The van der Waals surface area contributed by atoms with E-state index in [2.05, 4.69) is 24.0 Å². The summed E-state index contributed by atoms with van der Waals surface area (Å²) in [5, 5.41) is 3.17. The van der Waals surface area contributed by atoms with Gasteiger partial charge in [0.2, 0.25) is 0 Å². The first-order chi connectivity index (χ1) is 10.1. The summed E-state index contributed by atoms with van der Waals surface area (Å²) in [6.45, 7) is 4.63. The van der Waals surface area contributed by atoms with Gasteiger partial charge in [-0.15, -0.1) is 11.3 Å². The Kier molecular flexibility index (Phi) is 2.62. The van der Waals surface area contributed by atoms with Crippen LogP contribution in [0.5, 0.6) is 0 Å². The van der Waals surface area contributed by atoms with E-state index in [4.69, 9.17) is 0 Å². The molecule has 0 aliphatic carbocycles. The molecule has 3 nitrogen and oxygen atoms in total. The minimum atomic E-state index is 0.0762. The van der Waals surface area contributed by atoms with Crippen molar-refractivity contribution in [3.8, 4) is 0 Å². The highest BCUT2D eigenvalue weighted by Gasteiger charge is 2.30. The highest BCUT2D eigenvalue weighted by Crippen LogP contribution is 2.38. The zero-order valence-corrected chi connectivity index (χ0v) is 12.7. The molecule has 0 fully saturated rings. The number of amides is 1. The molecule has 2 heterocycles. The molecular weight excluding hydrogens is 280 g/mol. The summed E-state index contributed by atoms with van der Waals surface area (Å²) in [5.74, 6) is 0.0762. The Hall–Kier alpha value is -2.20. The van der Waals surface area contributed by atoms with E-state index in [-0.39, 0.29) is 5.91 Å². The average molecular weight is 294 g/mol. The normalized spacial score (nSPS) is 13.4. The zero-order valence-electron chi connectivity index (χ0n) is 11.9. The highest BCUT2D eigenvalue weighted by atomic mass is 32.1. The Morgan fingerprint density at radius 2 is 1.90 bits per heavy atom. The maximum absolute atomic E-state index is 12.7. The van der Waals surface area contributed by atoms with Crippen LogP contribution in [0, 0.1) is 13.8 Å². The summed E-state index contributed by atoms with van der Waals surface area (Å²) >= 11 is 1.67. The maximum Gasteiger partial charge on any atom is 0.259 e. The van der Waals surface area contributed by atoms with Crippen LogP contribution in [-0.4, -0.2) is 10.9 Å². The van der Waals surface area contributed by atoms with Crippen LogP contribution in [0.25, 0.3) is 10.8 Å². The Labute approximate surface area is 126 Å². The fourth-order valence-electron chi connectivity index (χ4n) is 2.88. The third-order valence-electron chi connectivity index (χ3n) is 4.02. The summed E-state index contributed by atoms with van der Waals surface area (Å²) in [6, 6.07) is 12.0. The van der Waals surface area contributed by atoms with E-state index in [0.717, 1.165) is 32.7 Å². The largest absolute Gasteiger partial charge is 0.301 e. The SMILES string of the molecule is Cc1nc(CN2C(=O)c3cccc4cccc2c34)sc1C. The van der Waals surface area contributed by atoms with Crippen molar-refractivity contribution < 1.29 is 4.79 Å². The molecular formula is C17H14N2OS. The molecule has 0 atom stereocenters. The Balaban J connectivity index is 1.82. The monoisotopic (exact) mass is 294 g/mol. The van der Waals surface area contributed by atoms with Gasteiger partial charge in [-0.05, 0) is 31.4 Å². The average Bonchev–Trinajstić information content (AvgIpc) is 2.94. The summed E-state index contributed by atoms with van der Waals surface area (Å²) in [4.78, 5) is 20.3.